The highest BCUT2D eigenvalue weighted by Crippen LogP contribution is 2.16. The summed E-state index contributed by atoms with van der Waals surface area (Å²) in [7, 11) is -1.47. The van der Waals surface area contributed by atoms with Crippen LogP contribution in [-0.2, 0) is 14.6 Å². The number of amides is 1. The Hall–Kier alpha value is -1.40. The molecule has 2 unspecified atom stereocenters. The predicted octanol–water partition coefficient (Wildman–Crippen LogP) is 0.875. The molecule has 0 radical (unpaired) electrons. The van der Waals surface area contributed by atoms with Crippen molar-refractivity contribution in [3.8, 4) is 0 Å². The zero-order valence-electron chi connectivity index (χ0n) is 11.6. The number of carbonyl (C=O) groups excluding carboxylic acids is 1. The van der Waals surface area contributed by atoms with Crippen molar-refractivity contribution >= 4 is 15.7 Å². The Morgan fingerprint density at radius 2 is 1.68 bits per heavy atom. The molecular weight excluding hydrogens is 264 g/mol. The molecule has 2 atom stereocenters. The zero-order chi connectivity index (χ0) is 14.6. The number of hydrogen-bond donors (Lipinski definition) is 2. The highest BCUT2D eigenvalue weighted by molar-refractivity contribution is 7.90. The molecule has 0 heterocycles. The minimum atomic E-state index is -3.18. The summed E-state index contributed by atoms with van der Waals surface area (Å²) in [5.41, 5.74) is 0.865. The van der Waals surface area contributed by atoms with E-state index in [9.17, 15) is 13.2 Å². The fourth-order valence-corrected chi connectivity index (χ4v) is 2.19. The van der Waals surface area contributed by atoms with Crippen molar-refractivity contribution in [2.45, 2.75) is 30.8 Å². The summed E-state index contributed by atoms with van der Waals surface area (Å²) in [6, 6.07) is 6.09. The van der Waals surface area contributed by atoms with E-state index in [2.05, 4.69) is 10.6 Å². The van der Waals surface area contributed by atoms with Gasteiger partial charge in [-0.2, -0.15) is 0 Å². The monoisotopic (exact) mass is 284 g/mol. The maximum Gasteiger partial charge on any atom is 0.237 e. The summed E-state index contributed by atoms with van der Waals surface area (Å²) >= 11 is 0. The van der Waals surface area contributed by atoms with Gasteiger partial charge < -0.3 is 10.6 Å². The minimum absolute atomic E-state index is 0.0952. The highest BCUT2D eigenvalue weighted by Gasteiger charge is 2.15. The first-order valence-electron chi connectivity index (χ1n) is 6.03. The van der Waals surface area contributed by atoms with Crippen LogP contribution in [0.5, 0.6) is 0 Å². The second-order valence-electron chi connectivity index (χ2n) is 4.58. The van der Waals surface area contributed by atoms with E-state index in [4.69, 9.17) is 0 Å². The Labute approximate surface area is 114 Å². The molecular formula is C13H20N2O3S. The summed E-state index contributed by atoms with van der Waals surface area (Å²) in [6.07, 6.45) is 1.17. The topological polar surface area (TPSA) is 75.3 Å². The molecule has 0 aromatic heterocycles. The third kappa shape index (κ3) is 4.33. The lowest BCUT2D eigenvalue weighted by atomic mass is 10.1. The number of benzene rings is 1. The van der Waals surface area contributed by atoms with Gasteiger partial charge in [0.05, 0.1) is 17.0 Å². The first-order valence-corrected chi connectivity index (χ1v) is 7.92. The Morgan fingerprint density at radius 1 is 1.16 bits per heavy atom. The smallest absolute Gasteiger partial charge is 0.237 e. The Balaban J connectivity index is 2.79. The van der Waals surface area contributed by atoms with Gasteiger partial charge in [0, 0.05) is 6.26 Å². The molecule has 0 saturated heterocycles. The van der Waals surface area contributed by atoms with E-state index < -0.39 is 9.84 Å². The van der Waals surface area contributed by atoms with Crippen LogP contribution in [0.15, 0.2) is 29.2 Å². The van der Waals surface area contributed by atoms with Gasteiger partial charge in [0.25, 0.3) is 0 Å². The molecule has 1 amide bonds. The quantitative estimate of drug-likeness (QED) is 0.841. The second kappa shape index (κ2) is 6.16. The molecule has 0 spiro atoms. The molecule has 6 heteroatoms. The Bertz CT molecular complexity index is 538. The van der Waals surface area contributed by atoms with Crippen LogP contribution in [0.3, 0.4) is 0 Å². The van der Waals surface area contributed by atoms with E-state index in [1.807, 2.05) is 6.92 Å². The van der Waals surface area contributed by atoms with Gasteiger partial charge >= 0.3 is 0 Å². The van der Waals surface area contributed by atoms with Crippen molar-refractivity contribution in [1.29, 1.82) is 0 Å². The van der Waals surface area contributed by atoms with Crippen LogP contribution in [0.25, 0.3) is 0 Å². The molecule has 0 bridgehead atoms. The van der Waals surface area contributed by atoms with Crippen LogP contribution in [0.1, 0.15) is 25.5 Å². The summed E-state index contributed by atoms with van der Waals surface area (Å²) in [4.78, 5) is 12.0. The van der Waals surface area contributed by atoms with Crippen molar-refractivity contribution in [2.24, 2.45) is 0 Å². The van der Waals surface area contributed by atoms with Crippen LogP contribution in [-0.4, -0.2) is 33.7 Å². The van der Waals surface area contributed by atoms with Crippen molar-refractivity contribution in [3.05, 3.63) is 29.8 Å². The van der Waals surface area contributed by atoms with Crippen molar-refractivity contribution < 1.29 is 13.2 Å². The Kier molecular flexibility index (Phi) is 5.08. The van der Waals surface area contributed by atoms with Gasteiger partial charge in [0.1, 0.15) is 0 Å². The van der Waals surface area contributed by atoms with Gasteiger partial charge in [-0.1, -0.05) is 12.1 Å². The molecule has 0 aliphatic rings. The Morgan fingerprint density at radius 3 is 2.11 bits per heavy atom. The lowest BCUT2D eigenvalue weighted by Crippen LogP contribution is -2.41. The van der Waals surface area contributed by atoms with Crippen LogP contribution < -0.4 is 10.6 Å². The summed E-state index contributed by atoms with van der Waals surface area (Å²) in [5, 5.41) is 5.71. The van der Waals surface area contributed by atoms with Gasteiger partial charge in [-0.3, -0.25) is 4.79 Å². The first-order chi connectivity index (χ1) is 8.75. The van der Waals surface area contributed by atoms with Gasteiger partial charge in [0.15, 0.2) is 9.84 Å². The second-order valence-corrected chi connectivity index (χ2v) is 6.60. The van der Waals surface area contributed by atoms with Crippen LogP contribution in [0.2, 0.25) is 0 Å². The van der Waals surface area contributed by atoms with Crippen LogP contribution >= 0.6 is 0 Å². The van der Waals surface area contributed by atoms with Crippen molar-refractivity contribution in [2.75, 3.05) is 13.3 Å². The van der Waals surface area contributed by atoms with E-state index >= 15 is 0 Å². The summed E-state index contributed by atoms with van der Waals surface area (Å²) < 4.78 is 22.7. The molecule has 2 N–H and O–H groups in total. The standard InChI is InChI=1S/C13H20N2O3S/c1-9(15-13(16)10(2)14-3)11-5-7-12(8-6-11)19(4,17)18/h5-10,14H,1-4H3,(H,15,16). The average molecular weight is 284 g/mol. The lowest BCUT2D eigenvalue weighted by Gasteiger charge is -2.17. The molecule has 1 aromatic rings. The predicted molar refractivity (Wildman–Crippen MR) is 74.6 cm³/mol. The number of hydrogen-bond acceptors (Lipinski definition) is 4. The number of sulfone groups is 1. The molecule has 0 saturated carbocycles. The summed E-state index contributed by atoms with van der Waals surface area (Å²) in [6.45, 7) is 3.63. The summed E-state index contributed by atoms with van der Waals surface area (Å²) in [5.74, 6) is -0.0952. The van der Waals surface area contributed by atoms with E-state index in [1.54, 1.807) is 38.2 Å². The third-order valence-corrected chi connectivity index (χ3v) is 4.12. The molecule has 0 aliphatic carbocycles. The highest BCUT2D eigenvalue weighted by atomic mass is 32.2. The molecule has 19 heavy (non-hydrogen) atoms. The maximum absolute atomic E-state index is 11.7. The largest absolute Gasteiger partial charge is 0.348 e. The molecule has 106 valence electrons. The molecule has 0 fully saturated rings. The lowest BCUT2D eigenvalue weighted by molar-refractivity contribution is -0.123. The van der Waals surface area contributed by atoms with Crippen molar-refractivity contribution in [3.63, 3.8) is 0 Å². The first kappa shape index (κ1) is 15.7. The van der Waals surface area contributed by atoms with E-state index in [-0.39, 0.29) is 22.9 Å². The SMILES string of the molecule is CNC(C)C(=O)NC(C)c1ccc(S(C)(=O)=O)cc1. The zero-order valence-corrected chi connectivity index (χ0v) is 12.4. The average Bonchev–Trinajstić information content (AvgIpc) is 2.36. The fraction of sp³-hybridized carbons (Fsp3) is 0.462. The van der Waals surface area contributed by atoms with Crippen molar-refractivity contribution in [1.82, 2.24) is 10.6 Å². The van der Waals surface area contributed by atoms with Gasteiger partial charge in [-0.25, -0.2) is 8.42 Å². The van der Waals surface area contributed by atoms with E-state index in [1.165, 1.54) is 6.26 Å². The minimum Gasteiger partial charge on any atom is -0.348 e. The van der Waals surface area contributed by atoms with Gasteiger partial charge in [-0.05, 0) is 38.6 Å². The van der Waals surface area contributed by atoms with Crippen LogP contribution in [0.4, 0.5) is 0 Å². The molecule has 0 aliphatic heterocycles. The van der Waals surface area contributed by atoms with E-state index in [0.29, 0.717) is 0 Å². The number of carbonyl (C=O) groups is 1. The number of likely N-dealkylation sites (N-methyl/N-ethyl adjacent to an activating group) is 1. The molecule has 5 nitrogen and oxygen atoms in total. The fourth-order valence-electron chi connectivity index (χ4n) is 1.56. The number of rotatable bonds is 5. The van der Waals surface area contributed by atoms with Gasteiger partial charge in [0.2, 0.25) is 5.91 Å². The third-order valence-electron chi connectivity index (χ3n) is 2.99. The van der Waals surface area contributed by atoms with Gasteiger partial charge in [-0.15, -0.1) is 0 Å². The van der Waals surface area contributed by atoms with E-state index in [0.717, 1.165) is 5.56 Å². The molecule has 1 rings (SSSR count). The maximum atomic E-state index is 11.7. The number of nitrogens with one attached hydrogen (secondary N) is 2. The normalized spacial score (nSPS) is 14.7. The molecule has 1 aromatic carbocycles. The van der Waals surface area contributed by atoms with Crippen LogP contribution in [0, 0.1) is 0 Å².